The van der Waals surface area contributed by atoms with E-state index < -0.39 is 0 Å². The quantitative estimate of drug-likeness (QED) is 0.756. The molecule has 0 spiro atoms. The third kappa shape index (κ3) is 3.16. The van der Waals surface area contributed by atoms with Crippen molar-refractivity contribution >= 4 is 0 Å². The number of hydrogen-bond acceptors (Lipinski definition) is 3. The summed E-state index contributed by atoms with van der Waals surface area (Å²) in [6.45, 7) is 0.753. The van der Waals surface area contributed by atoms with Crippen molar-refractivity contribution in [3.63, 3.8) is 0 Å². The van der Waals surface area contributed by atoms with Gasteiger partial charge < -0.3 is 15.2 Å². The number of ether oxygens (including phenoxy) is 2. The number of nitrogens with two attached hydrogens (primary N) is 1. The summed E-state index contributed by atoms with van der Waals surface area (Å²) in [4.78, 5) is 0. The molecule has 100 valence electrons. The molecule has 0 aromatic heterocycles. The lowest BCUT2D eigenvalue weighted by Crippen LogP contribution is -2.25. The fraction of sp³-hybridized carbons (Fsp3) is 0.600. The van der Waals surface area contributed by atoms with Gasteiger partial charge in [-0.05, 0) is 56.7 Å². The van der Waals surface area contributed by atoms with Crippen LogP contribution in [0, 0.1) is 0 Å². The van der Waals surface area contributed by atoms with Crippen molar-refractivity contribution in [2.45, 2.75) is 44.6 Å². The van der Waals surface area contributed by atoms with Crippen LogP contribution in [0.3, 0.4) is 0 Å². The Bertz CT molecular complexity index is 375. The van der Waals surface area contributed by atoms with Crippen LogP contribution < -0.4 is 15.2 Å². The van der Waals surface area contributed by atoms with Crippen molar-refractivity contribution in [1.82, 2.24) is 0 Å². The molecule has 0 saturated heterocycles. The van der Waals surface area contributed by atoms with Crippen LogP contribution in [-0.4, -0.2) is 19.8 Å². The molecule has 1 saturated carbocycles. The first-order valence-electron chi connectivity index (χ1n) is 6.87. The highest BCUT2D eigenvalue weighted by Crippen LogP contribution is 2.36. The molecular formula is C15H23NO2. The molecule has 1 aliphatic rings. The molecule has 2 N–H and O–H groups in total. The second-order valence-electron chi connectivity index (χ2n) is 4.87. The van der Waals surface area contributed by atoms with E-state index in [1.807, 2.05) is 12.1 Å². The smallest absolute Gasteiger partial charge is 0.164 e. The largest absolute Gasteiger partial charge is 0.493 e. The third-order valence-corrected chi connectivity index (χ3v) is 3.52. The van der Waals surface area contributed by atoms with Crippen LogP contribution in [0.1, 0.15) is 37.7 Å². The Morgan fingerprint density at radius 1 is 1.28 bits per heavy atom. The van der Waals surface area contributed by atoms with Crippen LogP contribution >= 0.6 is 0 Å². The van der Waals surface area contributed by atoms with Crippen molar-refractivity contribution in [3.05, 3.63) is 23.8 Å². The average molecular weight is 249 g/mol. The van der Waals surface area contributed by atoms with Gasteiger partial charge in [0.25, 0.3) is 0 Å². The summed E-state index contributed by atoms with van der Waals surface area (Å²) in [5.74, 6) is 1.80. The van der Waals surface area contributed by atoms with Gasteiger partial charge in [-0.25, -0.2) is 0 Å². The Kier molecular flexibility index (Phi) is 4.88. The maximum atomic E-state index is 6.08. The van der Waals surface area contributed by atoms with E-state index in [1.165, 1.54) is 24.8 Å². The molecule has 0 heterocycles. The minimum atomic E-state index is 0.384. The first-order chi connectivity index (χ1) is 8.85. The summed E-state index contributed by atoms with van der Waals surface area (Å²) >= 11 is 0. The minimum Gasteiger partial charge on any atom is -0.493 e. The molecular weight excluding hydrogens is 226 g/mol. The molecule has 0 unspecified atom stereocenters. The Labute approximate surface area is 109 Å². The van der Waals surface area contributed by atoms with Crippen molar-refractivity contribution in [3.8, 4) is 11.5 Å². The van der Waals surface area contributed by atoms with Crippen molar-refractivity contribution in [2.75, 3.05) is 13.7 Å². The summed E-state index contributed by atoms with van der Waals surface area (Å²) in [5.41, 5.74) is 6.79. The summed E-state index contributed by atoms with van der Waals surface area (Å²) in [7, 11) is 1.70. The van der Waals surface area contributed by atoms with Crippen molar-refractivity contribution < 1.29 is 9.47 Å². The Morgan fingerprint density at radius 2 is 2.11 bits per heavy atom. The SMILES string of the molecule is COc1cccc(CCCCN)c1OC1CCC1. The van der Waals surface area contributed by atoms with Gasteiger partial charge >= 0.3 is 0 Å². The van der Waals surface area contributed by atoms with Gasteiger partial charge in [-0.2, -0.15) is 0 Å². The van der Waals surface area contributed by atoms with Gasteiger partial charge in [0.2, 0.25) is 0 Å². The molecule has 1 aliphatic carbocycles. The molecule has 18 heavy (non-hydrogen) atoms. The number of benzene rings is 1. The third-order valence-electron chi connectivity index (χ3n) is 3.52. The first kappa shape index (κ1) is 13.2. The highest BCUT2D eigenvalue weighted by Gasteiger charge is 2.22. The Morgan fingerprint density at radius 3 is 2.72 bits per heavy atom. The summed E-state index contributed by atoms with van der Waals surface area (Å²) in [6.07, 6.45) is 7.17. The van der Waals surface area contributed by atoms with Crippen LogP contribution in [0.5, 0.6) is 11.5 Å². The Balaban J connectivity index is 2.09. The molecule has 0 aliphatic heterocycles. The topological polar surface area (TPSA) is 44.5 Å². The average Bonchev–Trinajstić information content (AvgIpc) is 2.34. The van der Waals surface area contributed by atoms with Gasteiger partial charge in [-0.3, -0.25) is 0 Å². The molecule has 3 nitrogen and oxygen atoms in total. The van der Waals surface area contributed by atoms with Gasteiger partial charge in [0.15, 0.2) is 11.5 Å². The number of methoxy groups -OCH3 is 1. The lowest BCUT2D eigenvalue weighted by atomic mass is 9.96. The summed E-state index contributed by atoms with van der Waals surface area (Å²) in [5, 5.41) is 0. The lowest BCUT2D eigenvalue weighted by Gasteiger charge is -2.28. The standard InChI is InChI=1S/C15H23NO2/c1-17-14-10-4-7-12(6-2-3-11-16)15(14)18-13-8-5-9-13/h4,7,10,13H,2-3,5-6,8-9,11,16H2,1H3. The molecule has 1 fully saturated rings. The predicted molar refractivity (Wildman–Crippen MR) is 73.3 cm³/mol. The van der Waals surface area contributed by atoms with E-state index in [9.17, 15) is 0 Å². The van der Waals surface area contributed by atoms with E-state index in [0.717, 1.165) is 37.3 Å². The molecule has 0 radical (unpaired) electrons. The van der Waals surface area contributed by atoms with Gasteiger partial charge in [0.05, 0.1) is 13.2 Å². The molecule has 2 rings (SSSR count). The van der Waals surface area contributed by atoms with Crippen LogP contribution in [0.4, 0.5) is 0 Å². The molecule has 1 aromatic rings. The second kappa shape index (κ2) is 6.64. The number of para-hydroxylation sites is 1. The van der Waals surface area contributed by atoms with Crippen LogP contribution in [0.25, 0.3) is 0 Å². The van der Waals surface area contributed by atoms with Gasteiger partial charge in [-0.15, -0.1) is 0 Å². The van der Waals surface area contributed by atoms with E-state index in [0.29, 0.717) is 6.10 Å². The van der Waals surface area contributed by atoms with E-state index in [4.69, 9.17) is 15.2 Å². The predicted octanol–water partition coefficient (Wildman–Crippen LogP) is 2.91. The minimum absolute atomic E-state index is 0.384. The van der Waals surface area contributed by atoms with E-state index in [-0.39, 0.29) is 0 Å². The van der Waals surface area contributed by atoms with E-state index >= 15 is 0 Å². The van der Waals surface area contributed by atoms with Gasteiger partial charge in [0.1, 0.15) is 0 Å². The Hall–Kier alpha value is -1.22. The number of unbranched alkanes of at least 4 members (excludes halogenated alkanes) is 1. The zero-order valence-corrected chi connectivity index (χ0v) is 11.2. The fourth-order valence-electron chi connectivity index (χ4n) is 2.17. The highest BCUT2D eigenvalue weighted by atomic mass is 16.5. The zero-order chi connectivity index (χ0) is 12.8. The van der Waals surface area contributed by atoms with Crippen LogP contribution in [0.2, 0.25) is 0 Å². The number of aryl methyl sites for hydroxylation is 1. The molecule has 0 bridgehead atoms. The molecule has 1 aromatic carbocycles. The van der Waals surface area contributed by atoms with Gasteiger partial charge in [-0.1, -0.05) is 12.1 Å². The maximum absolute atomic E-state index is 6.08. The number of rotatable bonds is 7. The normalized spacial score (nSPS) is 15.2. The monoisotopic (exact) mass is 249 g/mol. The van der Waals surface area contributed by atoms with E-state index in [1.54, 1.807) is 7.11 Å². The second-order valence-corrected chi connectivity index (χ2v) is 4.87. The highest BCUT2D eigenvalue weighted by molar-refractivity contribution is 5.47. The summed E-state index contributed by atoms with van der Waals surface area (Å²) < 4.78 is 11.5. The maximum Gasteiger partial charge on any atom is 0.164 e. The van der Waals surface area contributed by atoms with Crippen LogP contribution in [-0.2, 0) is 6.42 Å². The van der Waals surface area contributed by atoms with Crippen LogP contribution in [0.15, 0.2) is 18.2 Å². The zero-order valence-electron chi connectivity index (χ0n) is 11.2. The molecule has 0 amide bonds. The van der Waals surface area contributed by atoms with E-state index in [2.05, 4.69) is 6.07 Å². The van der Waals surface area contributed by atoms with Crippen molar-refractivity contribution in [2.24, 2.45) is 5.73 Å². The first-order valence-corrected chi connectivity index (χ1v) is 6.87. The molecule has 0 atom stereocenters. The summed E-state index contributed by atoms with van der Waals surface area (Å²) in [6, 6.07) is 6.14. The number of hydrogen-bond donors (Lipinski definition) is 1. The molecule has 3 heteroatoms. The van der Waals surface area contributed by atoms with Gasteiger partial charge in [0, 0.05) is 0 Å². The van der Waals surface area contributed by atoms with Crippen molar-refractivity contribution in [1.29, 1.82) is 0 Å². The lowest BCUT2D eigenvalue weighted by molar-refractivity contribution is 0.114. The fourth-order valence-corrected chi connectivity index (χ4v) is 2.17.